The van der Waals surface area contributed by atoms with Crippen LogP contribution in [-0.2, 0) is 10.2 Å². The number of methoxy groups -OCH3 is 1. The van der Waals surface area contributed by atoms with Gasteiger partial charge in [0, 0.05) is 13.1 Å². The fourth-order valence-electron chi connectivity index (χ4n) is 2.89. The van der Waals surface area contributed by atoms with E-state index in [1.807, 2.05) is 24.3 Å². The van der Waals surface area contributed by atoms with Gasteiger partial charge in [0.25, 0.3) is 0 Å². The molecule has 1 aliphatic rings. The van der Waals surface area contributed by atoms with Crippen molar-refractivity contribution in [1.29, 1.82) is 0 Å². The summed E-state index contributed by atoms with van der Waals surface area (Å²) >= 11 is 0. The molecule has 1 fully saturated rings. The molecule has 0 spiro atoms. The predicted molar refractivity (Wildman–Crippen MR) is 75.2 cm³/mol. The molecule has 0 radical (unpaired) electrons. The highest BCUT2D eigenvalue weighted by Gasteiger charge is 2.42. The quantitative estimate of drug-likeness (QED) is 0.847. The zero-order chi connectivity index (χ0) is 13.7. The Balaban J connectivity index is 2.25. The summed E-state index contributed by atoms with van der Waals surface area (Å²) in [6.07, 6.45) is 4.02. The number of amides is 1. The number of nitrogens with two attached hydrogens (primary N) is 1. The zero-order valence-electron chi connectivity index (χ0n) is 11.4. The minimum Gasteiger partial charge on any atom is -0.497 e. The third-order valence-electron chi connectivity index (χ3n) is 3.96. The Morgan fingerprint density at radius 1 is 1.32 bits per heavy atom. The fraction of sp³-hybridized carbons (Fsp3) is 0.533. The summed E-state index contributed by atoms with van der Waals surface area (Å²) in [6, 6.07) is 7.86. The second kappa shape index (κ2) is 6.06. The topological polar surface area (TPSA) is 64.3 Å². The van der Waals surface area contributed by atoms with Crippen LogP contribution in [0.1, 0.15) is 31.2 Å². The van der Waals surface area contributed by atoms with E-state index in [1.165, 1.54) is 0 Å². The normalized spacial score (nSPS) is 17.2. The van der Waals surface area contributed by atoms with Crippen molar-refractivity contribution in [2.75, 3.05) is 20.2 Å². The summed E-state index contributed by atoms with van der Waals surface area (Å²) in [5.41, 5.74) is 6.17. The largest absolute Gasteiger partial charge is 0.497 e. The molecule has 0 heterocycles. The third-order valence-corrected chi connectivity index (χ3v) is 3.96. The van der Waals surface area contributed by atoms with Gasteiger partial charge in [0.05, 0.1) is 12.5 Å². The Kier molecular flexibility index (Phi) is 4.43. The number of carbonyl (C=O) groups is 1. The van der Waals surface area contributed by atoms with Crippen molar-refractivity contribution >= 4 is 5.91 Å². The first kappa shape index (κ1) is 13.9. The summed E-state index contributed by atoms with van der Waals surface area (Å²) in [5.74, 6) is 0.930. The van der Waals surface area contributed by atoms with Crippen LogP contribution in [0, 0.1) is 0 Å². The molecule has 0 unspecified atom stereocenters. The van der Waals surface area contributed by atoms with E-state index in [0.29, 0.717) is 13.1 Å². The van der Waals surface area contributed by atoms with Crippen LogP contribution in [0.15, 0.2) is 24.3 Å². The maximum absolute atomic E-state index is 12.5. The molecule has 19 heavy (non-hydrogen) atoms. The SMILES string of the molecule is COc1ccc(C2(C(=O)NCCN)CCCC2)cc1. The molecule has 1 saturated carbocycles. The molecule has 0 atom stereocenters. The van der Waals surface area contributed by atoms with Gasteiger partial charge in [0.15, 0.2) is 0 Å². The summed E-state index contributed by atoms with van der Waals surface area (Å²) in [4.78, 5) is 12.5. The minimum absolute atomic E-state index is 0.112. The number of rotatable bonds is 5. The van der Waals surface area contributed by atoms with Crippen molar-refractivity contribution in [3.05, 3.63) is 29.8 Å². The first-order chi connectivity index (χ1) is 9.23. The van der Waals surface area contributed by atoms with Crippen molar-refractivity contribution in [3.8, 4) is 5.75 Å². The molecule has 4 heteroatoms. The Morgan fingerprint density at radius 2 is 1.95 bits per heavy atom. The van der Waals surface area contributed by atoms with Crippen LogP contribution in [0.25, 0.3) is 0 Å². The number of ether oxygens (including phenoxy) is 1. The van der Waals surface area contributed by atoms with Gasteiger partial charge in [-0.25, -0.2) is 0 Å². The molecule has 3 N–H and O–H groups in total. The summed E-state index contributed by atoms with van der Waals surface area (Å²) in [6.45, 7) is 1.02. The molecule has 1 amide bonds. The van der Waals surface area contributed by atoms with Gasteiger partial charge in [-0.15, -0.1) is 0 Å². The zero-order valence-corrected chi connectivity index (χ0v) is 11.4. The maximum atomic E-state index is 12.5. The molecule has 2 rings (SSSR count). The third kappa shape index (κ3) is 2.73. The van der Waals surface area contributed by atoms with E-state index in [0.717, 1.165) is 37.0 Å². The molecule has 4 nitrogen and oxygen atoms in total. The lowest BCUT2D eigenvalue weighted by molar-refractivity contribution is -0.126. The number of carbonyl (C=O) groups excluding carboxylic acids is 1. The van der Waals surface area contributed by atoms with E-state index in [-0.39, 0.29) is 11.3 Å². The van der Waals surface area contributed by atoms with E-state index in [1.54, 1.807) is 7.11 Å². The molecule has 0 aromatic heterocycles. The van der Waals surface area contributed by atoms with Crippen molar-refractivity contribution in [2.45, 2.75) is 31.1 Å². The van der Waals surface area contributed by atoms with E-state index in [2.05, 4.69) is 5.32 Å². The van der Waals surface area contributed by atoms with E-state index >= 15 is 0 Å². The first-order valence-corrected chi connectivity index (χ1v) is 6.86. The number of hydrogen-bond acceptors (Lipinski definition) is 3. The van der Waals surface area contributed by atoms with Gasteiger partial charge >= 0.3 is 0 Å². The number of nitrogens with one attached hydrogen (secondary N) is 1. The van der Waals surface area contributed by atoms with Crippen molar-refractivity contribution in [3.63, 3.8) is 0 Å². The molecular weight excluding hydrogens is 240 g/mol. The van der Waals surface area contributed by atoms with Crippen LogP contribution in [0.4, 0.5) is 0 Å². The second-order valence-electron chi connectivity index (χ2n) is 5.06. The van der Waals surface area contributed by atoms with Crippen LogP contribution < -0.4 is 15.8 Å². The standard InChI is InChI=1S/C15H22N2O2/c1-19-13-6-4-12(5-7-13)15(8-2-3-9-15)14(18)17-11-10-16/h4-7H,2-3,8-11,16H2,1H3,(H,17,18). The number of benzene rings is 1. The van der Waals surface area contributed by atoms with Crippen molar-refractivity contribution in [2.24, 2.45) is 5.73 Å². The first-order valence-electron chi connectivity index (χ1n) is 6.86. The molecule has 0 bridgehead atoms. The van der Waals surface area contributed by atoms with Gasteiger partial charge in [-0.05, 0) is 30.5 Å². The van der Waals surface area contributed by atoms with Gasteiger partial charge in [0.2, 0.25) is 5.91 Å². The van der Waals surface area contributed by atoms with Crippen molar-refractivity contribution < 1.29 is 9.53 Å². The minimum atomic E-state index is -0.374. The molecule has 0 aliphatic heterocycles. The fourth-order valence-corrected chi connectivity index (χ4v) is 2.89. The lowest BCUT2D eigenvalue weighted by Gasteiger charge is -2.28. The van der Waals surface area contributed by atoms with Gasteiger partial charge in [0.1, 0.15) is 5.75 Å². The van der Waals surface area contributed by atoms with Crippen LogP contribution in [0.2, 0.25) is 0 Å². The average Bonchev–Trinajstić information content (AvgIpc) is 2.95. The highest BCUT2D eigenvalue weighted by atomic mass is 16.5. The van der Waals surface area contributed by atoms with Gasteiger partial charge < -0.3 is 15.8 Å². The maximum Gasteiger partial charge on any atom is 0.230 e. The predicted octanol–water partition coefficient (Wildman–Crippen LogP) is 1.58. The highest BCUT2D eigenvalue weighted by Crippen LogP contribution is 2.41. The Morgan fingerprint density at radius 3 is 2.47 bits per heavy atom. The van der Waals surface area contributed by atoms with Gasteiger partial charge in [-0.1, -0.05) is 25.0 Å². The molecule has 0 saturated heterocycles. The van der Waals surface area contributed by atoms with Crippen LogP contribution in [-0.4, -0.2) is 26.1 Å². The molecule has 1 aliphatic carbocycles. The highest BCUT2D eigenvalue weighted by molar-refractivity contribution is 5.88. The van der Waals surface area contributed by atoms with Crippen molar-refractivity contribution in [1.82, 2.24) is 5.32 Å². The molecule has 104 valence electrons. The number of hydrogen-bond donors (Lipinski definition) is 2. The summed E-state index contributed by atoms with van der Waals surface area (Å²) in [5, 5.41) is 2.95. The molecular formula is C15H22N2O2. The summed E-state index contributed by atoms with van der Waals surface area (Å²) in [7, 11) is 1.65. The summed E-state index contributed by atoms with van der Waals surface area (Å²) < 4.78 is 5.17. The molecule has 1 aromatic carbocycles. The monoisotopic (exact) mass is 262 g/mol. The smallest absolute Gasteiger partial charge is 0.230 e. The van der Waals surface area contributed by atoms with Crippen LogP contribution in [0.5, 0.6) is 5.75 Å². The lowest BCUT2D eigenvalue weighted by Crippen LogP contribution is -2.44. The van der Waals surface area contributed by atoms with Gasteiger partial charge in [-0.3, -0.25) is 4.79 Å². The van der Waals surface area contributed by atoms with E-state index < -0.39 is 0 Å². The van der Waals surface area contributed by atoms with Gasteiger partial charge in [-0.2, -0.15) is 0 Å². The van der Waals surface area contributed by atoms with E-state index in [4.69, 9.17) is 10.5 Å². The molecule has 1 aromatic rings. The second-order valence-corrected chi connectivity index (χ2v) is 5.06. The Labute approximate surface area is 114 Å². The lowest BCUT2D eigenvalue weighted by atomic mass is 9.78. The van der Waals surface area contributed by atoms with Crippen LogP contribution >= 0.6 is 0 Å². The van der Waals surface area contributed by atoms with Crippen LogP contribution in [0.3, 0.4) is 0 Å². The van der Waals surface area contributed by atoms with E-state index in [9.17, 15) is 4.79 Å². The Bertz CT molecular complexity index is 422. The average molecular weight is 262 g/mol. The Hall–Kier alpha value is -1.55.